The molecule has 1 saturated heterocycles. The van der Waals surface area contributed by atoms with Gasteiger partial charge in [0, 0.05) is 30.2 Å². The summed E-state index contributed by atoms with van der Waals surface area (Å²) in [6.45, 7) is 3.02. The van der Waals surface area contributed by atoms with E-state index in [9.17, 15) is 0 Å². The van der Waals surface area contributed by atoms with Gasteiger partial charge in [0.25, 0.3) is 0 Å². The summed E-state index contributed by atoms with van der Waals surface area (Å²) < 4.78 is 6.03. The van der Waals surface area contributed by atoms with E-state index in [4.69, 9.17) is 4.42 Å². The number of aromatic amines is 1. The molecule has 1 aliphatic rings. The average Bonchev–Trinajstić information content (AvgIpc) is 3.44. The Kier molecular flexibility index (Phi) is 4.22. The fourth-order valence-electron chi connectivity index (χ4n) is 3.96. The summed E-state index contributed by atoms with van der Waals surface area (Å²) in [6.07, 6.45) is 3.77. The summed E-state index contributed by atoms with van der Waals surface area (Å²) in [5.41, 5.74) is 3.68. The van der Waals surface area contributed by atoms with Gasteiger partial charge in [-0.05, 0) is 30.2 Å². The third kappa shape index (κ3) is 3.38. The van der Waals surface area contributed by atoms with Crippen LogP contribution in [0.15, 0.2) is 65.2 Å². The van der Waals surface area contributed by atoms with Gasteiger partial charge < -0.3 is 9.40 Å². The van der Waals surface area contributed by atoms with Crippen molar-refractivity contribution in [1.82, 2.24) is 20.1 Å². The van der Waals surface area contributed by atoms with Crippen molar-refractivity contribution in [3.8, 4) is 0 Å². The van der Waals surface area contributed by atoms with Crippen LogP contribution in [0.3, 0.4) is 0 Å². The van der Waals surface area contributed by atoms with E-state index < -0.39 is 0 Å². The van der Waals surface area contributed by atoms with Crippen molar-refractivity contribution in [1.29, 1.82) is 0 Å². The molecule has 5 nitrogen and oxygen atoms in total. The molecule has 1 fully saturated rings. The first-order chi connectivity index (χ1) is 13.3. The highest BCUT2D eigenvalue weighted by Crippen LogP contribution is 2.28. The second-order valence-corrected chi connectivity index (χ2v) is 7.28. The first kappa shape index (κ1) is 16.3. The van der Waals surface area contributed by atoms with Gasteiger partial charge in [-0.3, -0.25) is 4.90 Å². The number of benzene rings is 2. The highest BCUT2D eigenvalue weighted by atomic mass is 16.4. The highest BCUT2D eigenvalue weighted by molar-refractivity contribution is 5.83. The van der Waals surface area contributed by atoms with E-state index >= 15 is 0 Å². The smallest absolute Gasteiger partial charge is 0.221 e. The normalized spacial score (nSPS) is 17.7. The van der Waals surface area contributed by atoms with Gasteiger partial charge in [0.1, 0.15) is 0 Å². The lowest BCUT2D eigenvalue weighted by Gasteiger charge is -2.14. The number of fused-ring (bicyclic) bond motifs is 1. The number of para-hydroxylation sites is 1. The molecule has 2 aromatic heterocycles. The number of hydrogen-bond acceptors (Lipinski definition) is 4. The summed E-state index contributed by atoms with van der Waals surface area (Å²) in [7, 11) is 0. The second kappa shape index (κ2) is 7.00. The quantitative estimate of drug-likeness (QED) is 0.583. The van der Waals surface area contributed by atoms with Gasteiger partial charge >= 0.3 is 0 Å². The summed E-state index contributed by atoms with van der Waals surface area (Å²) in [4.78, 5) is 5.76. The number of likely N-dealkylation sites (tertiary alicyclic amines) is 1. The minimum atomic E-state index is 0.331. The average molecular weight is 358 g/mol. The zero-order valence-electron chi connectivity index (χ0n) is 15.1. The summed E-state index contributed by atoms with van der Waals surface area (Å²) in [5, 5.41) is 9.86. The van der Waals surface area contributed by atoms with E-state index in [0.29, 0.717) is 18.2 Å². The SMILES string of the molecule is c1ccc(CN2CC[C@H](c3nnc(Cc4c[nH]c5ccccc45)o3)C2)cc1. The molecule has 1 N–H and O–H groups in total. The van der Waals surface area contributed by atoms with Crippen LogP contribution >= 0.6 is 0 Å². The van der Waals surface area contributed by atoms with Crippen molar-refractivity contribution in [2.45, 2.75) is 25.3 Å². The van der Waals surface area contributed by atoms with E-state index in [2.05, 4.69) is 68.6 Å². The fourth-order valence-corrected chi connectivity index (χ4v) is 3.96. The van der Waals surface area contributed by atoms with Crippen molar-refractivity contribution < 1.29 is 4.42 Å². The Balaban J connectivity index is 1.26. The summed E-state index contributed by atoms with van der Waals surface area (Å²) >= 11 is 0. The zero-order chi connectivity index (χ0) is 18.1. The Hall–Kier alpha value is -2.92. The van der Waals surface area contributed by atoms with Gasteiger partial charge in [0.2, 0.25) is 11.8 Å². The van der Waals surface area contributed by atoms with E-state index in [1.807, 2.05) is 12.3 Å². The number of hydrogen-bond donors (Lipinski definition) is 1. The molecule has 1 aliphatic heterocycles. The number of nitrogens with zero attached hydrogens (tertiary/aromatic N) is 3. The molecule has 0 amide bonds. The van der Waals surface area contributed by atoms with Crippen LogP contribution in [0.1, 0.15) is 35.2 Å². The number of rotatable bonds is 5. The molecule has 5 rings (SSSR count). The minimum absolute atomic E-state index is 0.331. The number of H-pyrrole nitrogens is 1. The van der Waals surface area contributed by atoms with Crippen LogP contribution in [0.5, 0.6) is 0 Å². The lowest BCUT2D eigenvalue weighted by Crippen LogP contribution is -2.19. The maximum absolute atomic E-state index is 6.03. The van der Waals surface area contributed by atoms with Crippen molar-refractivity contribution in [3.05, 3.63) is 83.7 Å². The molecule has 4 aromatic rings. The minimum Gasteiger partial charge on any atom is -0.425 e. The molecular formula is C22H22N4O. The monoisotopic (exact) mass is 358 g/mol. The van der Waals surface area contributed by atoms with Crippen molar-refractivity contribution in [2.75, 3.05) is 13.1 Å². The molecule has 2 aromatic carbocycles. The molecule has 0 radical (unpaired) electrons. The Labute approximate surface area is 158 Å². The molecule has 27 heavy (non-hydrogen) atoms. The topological polar surface area (TPSA) is 58.0 Å². The molecule has 0 bridgehead atoms. The van der Waals surface area contributed by atoms with Gasteiger partial charge in [-0.25, -0.2) is 0 Å². The van der Waals surface area contributed by atoms with Crippen LogP contribution in [0.4, 0.5) is 0 Å². The largest absolute Gasteiger partial charge is 0.425 e. The Bertz CT molecular complexity index is 1040. The molecule has 3 heterocycles. The molecule has 0 aliphatic carbocycles. The molecule has 0 unspecified atom stereocenters. The van der Waals surface area contributed by atoms with Crippen LogP contribution in [-0.4, -0.2) is 33.2 Å². The highest BCUT2D eigenvalue weighted by Gasteiger charge is 2.28. The summed E-state index contributed by atoms with van der Waals surface area (Å²) in [5.74, 6) is 1.80. The van der Waals surface area contributed by atoms with Gasteiger partial charge in [0.15, 0.2) is 0 Å². The van der Waals surface area contributed by atoms with Crippen molar-refractivity contribution >= 4 is 10.9 Å². The third-order valence-corrected chi connectivity index (χ3v) is 5.37. The van der Waals surface area contributed by atoms with Crippen LogP contribution in [-0.2, 0) is 13.0 Å². The third-order valence-electron chi connectivity index (χ3n) is 5.37. The van der Waals surface area contributed by atoms with E-state index in [1.165, 1.54) is 16.5 Å². The molecule has 5 heteroatoms. The van der Waals surface area contributed by atoms with Crippen LogP contribution in [0.25, 0.3) is 10.9 Å². The van der Waals surface area contributed by atoms with Gasteiger partial charge in [-0.2, -0.15) is 0 Å². The van der Waals surface area contributed by atoms with Gasteiger partial charge in [0.05, 0.1) is 12.3 Å². The predicted octanol–water partition coefficient (Wildman–Crippen LogP) is 4.13. The summed E-state index contributed by atoms with van der Waals surface area (Å²) in [6, 6.07) is 18.9. The van der Waals surface area contributed by atoms with E-state index in [1.54, 1.807) is 0 Å². The Morgan fingerprint density at radius 3 is 2.81 bits per heavy atom. The van der Waals surface area contributed by atoms with Crippen LogP contribution in [0, 0.1) is 0 Å². The van der Waals surface area contributed by atoms with Crippen LogP contribution in [0.2, 0.25) is 0 Å². The lowest BCUT2D eigenvalue weighted by atomic mass is 10.1. The molecule has 0 spiro atoms. The van der Waals surface area contributed by atoms with Crippen LogP contribution < -0.4 is 0 Å². The van der Waals surface area contributed by atoms with E-state index in [0.717, 1.165) is 37.5 Å². The van der Waals surface area contributed by atoms with Crippen molar-refractivity contribution in [2.24, 2.45) is 0 Å². The van der Waals surface area contributed by atoms with Gasteiger partial charge in [-0.15, -0.1) is 10.2 Å². The Morgan fingerprint density at radius 1 is 1.04 bits per heavy atom. The lowest BCUT2D eigenvalue weighted by molar-refractivity contribution is 0.318. The number of nitrogens with one attached hydrogen (secondary N) is 1. The first-order valence-electron chi connectivity index (χ1n) is 9.49. The first-order valence-corrected chi connectivity index (χ1v) is 9.49. The molecule has 1 atom stereocenters. The second-order valence-electron chi connectivity index (χ2n) is 7.28. The maximum atomic E-state index is 6.03. The molecule has 136 valence electrons. The predicted molar refractivity (Wildman–Crippen MR) is 104 cm³/mol. The van der Waals surface area contributed by atoms with Crippen molar-refractivity contribution in [3.63, 3.8) is 0 Å². The molecule has 0 saturated carbocycles. The maximum Gasteiger partial charge on any atom is 0.221 e. The Morgan fingerprint density at radius 2 is 1.89 bits per heavy atom. The standard InChI is InChI=1S/C22H22N4O/c1-2-6-16(7-3-1)14-26-11-10-17(15-26)22-25-24-21(27-22)12-18-13-23-20-9-5-4-8-19(18)20/h1-9,13,17,23H,10-12,14-15H2/t17-/m0/s1. The van der Waals surface area contributed by atoms with Gasteiger partial charge in [-0.1, -0.05) is 48.5 Å². The molecular weight excluding hydrogens is 336 g/mol. The fraction of sp³-hybridized carbons (Fsp3) is 0.273. The zero-order valence-corrected chi connectivity index (χ0v) is 15.1. The van der Waals surface area contributed by atoms with E-state index in [-0.39, 0.29) is 0 Å². The number of aromatic nitrogens is 3.